The van der Waals surface area contributed by atoms with Crippen molar-refractivity contribution in [3.63, 3.8) is 0 Å². The second-order valence-electron chi connectivity index (χ2n) is 9.13. The van der Waals surface area contributed by atoms with Crippen LogP contribution in [-0.2, 0) is 14.2 Å². The first-order chi connectivity index (χ1) is 15.7. The SMILES string of the molecule is CCS1(CC)C=CN(CCP(=O)(O)O)C(=O)/C1=C\c1cc(C(C)C)c(OC(C)=O)c(C(C)C)c1. The Bertz CT molecular complexity index is 1010. The lowest BCUT2D eigenvalue weighted by molar-refractivity contribution is -0.132. The number of hydrogen-bond donors (Lipinski definition) is 2. The third-order valence-corrected chi connectivity index (χ3v) is 10.7. The minimum Gasteiger partial charge on any atom is -0.426 e. The summed E-state index contributed by atoms with van der Waals surface area (Å²) in [6, 6.07) is 3.95. The standard InChI is InChI=1S/C25H38NO6PS/c1-8-34(9-2)13-11-26(10-12-33(29,30)31)25(28)23(34)16-20-14-21(17(3)4)24(32-19(7)27)22(15-20)18(5)6/h11,13-18H,8-10,12H2,1-7H3,(H2,29,30,31)/b23-16+. The van der Waals surface area contributed by atoms with Crippen molar-refractivity contribution in [1.29, 1.82) is 0 Å². The molecule has 7 nitrogen and oxygen atoms in total. The summed E-state index contributed by atoms with van der Waals surface area (Å²) in [5, 5.41) is 2.06. The van der Waals surface area contributed by atoms with E-state index in [1.807, 2.05) is 45.9 Å². The van der Waals surface area contributed by atoms with Crippen LogP contribution in [0.15, 0.2) is 28.6 Å². The number of esters is 1. The monoisotopic (exact) mass is 511 g/mol. The number of benzene rings is 1. The minimum atomic E-state index is -4.23. The Morgan fingerprint density at radius 2 is 1.65 bits per heavy atom. The highest BCUT2D eigenvalue weighted by molar-refractivity contribution is 8.39. The molecule has 1 amide bonds. The molecule has 0 atom stereocenters. The van der Waals surface area contributed by atoms with Crippen LogP contribution >= 0.6 is 17.6 Å². The van der Waals surface area contributed by atoms with Gasteiger partial charge in [-0.15, -0.1) is 0 Å². The van der Waals surface area contributed by atoms with Gasteiger partial charge < -0.3 is 19.4 Å². The van der Waals surface area contributed by atoms with Gasteiger partial charge in [-0.3, -0.25) is 14.2 Å². The topological polar surface area (TPSA) is 104 Å². The Morgan fingerprint density at radius 3 is 2.06 bits per heavy atom. The third-order valence-electron chi connectivity index (χ3n) is 6.03. The van der Waals surface area contributed by atoms with Crippen molar-refractivity contribution in [2.75, 3.05) is 24.2 Å². The fourth-order valence-electron chi connectivity index (χ4n) is 4.00. The first-order valence-corrected chi connectivity index (χ1v) is 15.5. The van der Waals surface area contributed by atoms with Gasteiger partial charge in [0.15, 0.2) is 0 Å². The van der Waals surface area contributed by atoms with Gasteiger partial charge in [-0.1, -0.05) is 41.5 Å². The Hall–Kier alpha value is -1.86. The van der Waals surface area contributed by atoms with E-state index in [0.717, 1.165) is 28.2 Å². The van der Waals surface area contributed by atoms with E-state index in [2.05, 4.69) is 19.3 Å². The molecule has 2 rings (SSSR count). The van der Waals surface area contributed by atoms with Crippen molar-refractivity contribution >= 4 is 35.6 Å². The predicted molar refractivity (Wildman–Crippen MR) is 140 cm³/mol. The molecule has 1 aliphatic heterocycles. The van der Waals surface area contributed by atoms with Gasteiger partial charge in [-0.2, -0.15) is 10.0 Å². The number of rotatable bonds is 9. The van der Waals surface area contributed by atoms with E-state index in [1.54, 1.807) is 6.20 Å². The van der Waals surface area contributed by atoms with Crippen molar-refractivity contribution in [2.24, 2.45) is 0 Å². The summed E-state index contributed by atoms with van der Waals surface area (Å²) in [4.78, 5) is 46.0. The van der Waals surface area contributed by atoms with Crippen molar-refractivity contribution < 1.29 is 28.7 Å². The molecule has 1 heterocycles. The van der Waals surface area contributed by atoms with Crippen molar-refractivity contribution in [2.45, 2.75) is 60.3 Å². The van der Waals surface area contributed by atoms with E-state index in [1.165, 1.54) is 11.8 Å². The van der Waals surface area contributed by atoms with Crippen molar-refractivity contribution in [3.8, 4) is 5.75 Å². The van der Waals surface area contributed by atoms with Gasteiger partial charge in [0.2, 0.25) is 0 Å². The zero-order valence-electron chi connectivity index (χ0n) is 21.2. The Kier molecular flexibility index (Phi) is 9.39. The molecule has 0 radical (unpaired) electrons. The maximum Gasteiger partial charge on any atom is 0.327 e. The molecule has 0 bridgehead atoms. The van der Waals surface area contributed by atoms with Gasteiger partial charge >= 0.3 is 13.6 Å². The molecule has 34 heavy (non-hydrogen) atoms. The molecule has 0 saturated heterocycles. The number of amides is 1. The summed E-state index contributed by atoms with van der Waals surface area (Å²) in [6.45, 7) is 13.6. The summed E-state index contributed by atoms with van der Waals surface area (Å²) in [5.41, 5.74) is 2.66. The van der Waals surface area contributed by atoms with Crippen LogP contribution in [0.25, 0.3) is 6.08 Å². The van der Waals surface area contributed by atoms with Gasteiger partial charge in [0.05, 0.1) is 11.1 Å². The Balaban J connectivity index is 2.69. The molecule has 0 aromatic heterocycles. The highest BCUT2D eigenvalue weighted by Crippen LogP contribution is 2.59. The number of ether oxygens (including phenoxy) is 1. The lowest BCUT2D eigenvalue weighted by Gasteiger charge is -2.42. The van der Waals surface area contributed by atoms with Crippen LogP contribution in [0.2, 0.25) is 0 Å². The van der Waals surface area contributed by atoms with Crippen LogP contribution in [-0.4, -0.2) is 50.8 Å². The Labute approximate surface area is 204 Å². The highest BCUT2D eigenvalue weighted by Gasteiger charge is 2.35. The molecule has 0 aliphatic carbocycles. The third kappa shape index (κ3) is 6.63. The van der Waals surface area contributed by atoms with E-state index in [-0.39, 0.29) is 36.4 Å². The minimum absolute atomic E-state index is 0.0419. The van der Waals surface area contributed by atoms with E-state index >= 15 is 0 Å². The second kappa shape index (κ2) is 11.3. The van der Waals surface area contributed by atoms with Crippen molar-refractivity contribution in [1.82, 2.24) is 4.90 Å². The Morgan fingerprint density at radius 1 is 1.12 bits per heavy atom. The van der Waals surface area contributed by atoms with Crippen LogP contribution < -0.4 is 4.74 Å². The second-order valence-corrected chi connectivity index (χ2v) is 14.7. The predicted octanol–water partition coefficient (Wildman–Crippen LogP) is 5.54. The zero-order chi connectivity index (χ0) is 25.8. The molecule has 9 heteroatoms. The number of carbonyl (C=O) groups is 2. The molecular weight excluding hydrogens is 473 g/mol. The highest BCUT2D eigenvalue weighted by atomic mass is 32.3. The largest absolute Gasteiger partial charge is 0.426 e. The van der Waals surface area contributed by atoms with E-state index in [0.29, 0.717) is 10.7 Å². The molecule has 2 N–H and O–H groups in total. The van der Waals surface area contributed by atoms with Gasteiger partial charge in [0.1, 0.15) is 5.75 Å². The summed E-state index contributed by atoms with van der Waals surface area (Å²) >= 11 is 0. The maximum atomic E-state index is 13.5. The van der Waals surface area contributed by atoms with E-state index in [9.17, 15) is 23.9 Å². The molecule has 0 unspecified atom stereocenters. The molecular formula is C25H38NO6PS. The smallest absolute Gasteiger partial charge is 0.327 e. The maximum absolute atomic E-state index is 13.5. The summed E-state index contributed by atoms with van der Waals surface area (Å²) < 4.78 is 17.0. The average Bonchev–Trinajstić information content (AvgIpc) is 2.73. The molecule has 190 valence electrons. The zero-order valence-corrected chi connectivity index (χ0v) is 22.9. The molecule has 0 fully saturated rings. The normalized spacial score (nSPS) is 18.1. The average molecular weight is 512 g/mol. The quantitative estimate of drug-likeness (QED) is 0.195. The lowest BCUT2D eigenvalue weighted by Crippen LogP contribution is -2.35. The molecule has 1 aromatic rings. The summed E-state index contributed by atoms with van der Waals surface area (Å²) in [5.74, 6) is 1.79. The fraction of sp³-hybridized carbons (Fsp3) is 0.520. The van der Waals surface area contributed by atoms with Crippen LogP contribution in [0.5, 0.6) is 5.75 Å². The van der Waals surface area contributed by atoms with Gasteiger partial charge in [0, 0.05) is 19.7 Å². The molecule has 1 aromatic carbocycles. The molecule has 0 spiro atoms. The van der Waals surface area contributed by atoms with E-state index < -0.39 is 17.6 Å². The molecule has 0 saturated carbocycles. The van der Waals surface area contributed by atoms with Crippen LogP contribution in [0.3, 0.4) is 0 Å². The van der Waals surface area contributed by atoms with E-state index in [4.69, 9.17) is 4.74 Å². The van der Waals surface area contributed by atoms with Gasteiger partial charge in [-0.05, 0) is 63.6 Å². The van der Waals surface area contributed by atoms with Crippen molar-refractivity contribution in [3.05, 3.63) is 45.3 Å². The fourth-order valence-corrected chi connectivity index (χ4v) is 7.25. The summed E-state index contributed by atoms with van der Waals surface area (Å²) in [6.07, 6.45) is 3.23. The van der Waals surface area contributed by atoms with Gasteiger partial charge in [0.25, 0.3) is 5.91 Å². The van der Waals surface area contributed by atoms with Crippen LogP contribution in [0, 0.1) is 0 Å². The number of hydrogen-bond acceptors (Lipinski definition) is 4. The lowest BCUT2D eigenvalue weighted by atomic mass is 9.91. The number of nitrogens with zero attached hydrogens (tertiary/aromatic N) is 1. The first kappa shape index (κ1) is 28.4. The van der Waals surface area contributed by atoms with Gasteiger partial charge in [-0.25, -0.2) is 0 Å². The number of carbonyl (C=O) groups excluding carboxylic acids is 2. The first-order valence-electron chi connectivity index (χ1n) is 11.6. The molecule has 1 aliphatic rings. The van der Waals surface area contributed by atoms with Crippen LogP contribution in [0.4, 0.5) is 0 Å². The van der Waals surface area contributed by atoms with Crippen LogP contribution in [0.1, 0.15) is 77.0 Å². The summed E-state index contributed by atoms with van der Waals surface area (Å²) in [7, 11) is -5.76.